The number of anilines is 1. The first-order valence-electron chi connectivity index (χ1n) is 4.25. The van der Waals surface area contributed by atoms with Crippen LogP contribution in [0.2, 0.25) is 0 Å². The van der Waals surface area contributed by atoms with Crippen LogP contribution in [-0.4, -0.2) is 40.4 Å². The molecule has 1 aliphatic rings. The number of nitrogens with one attached hydrogen (secondary N) is 1. The van der Waals surface area contributed by atoms with Gasteiger partial charge in [0.05, 0.1) is 29.8 Å². The number of nitrogens with zero attached hydrogens (tertiary/aromatic N) is 2. The monoisotopic (exact) mass is 259 g/mol. The SMILES string of the molecule is O[C@@H]1COC[C@H]1Nc1ncncc1Br. The van der Waals surface area contributed by atoms with Gasteiger partial charge in [0.1, 0.15) is 12.1 Å². The van der Waals surface area contributed by atoms with Crippen molar-refractivity contribution in [1.29, 1.82) is 0 Å². The summed E-state index contributed by atoms with van der Waals surface area (Å²) in [6, 6.07) is -0.0961. The lowest BCUT2D eigenvalue weighted by atomic mass is 10.2. The summed E-state index contributed by atoms with van der Waals surface area (Å²) in [4.78, 5) is 7.89. The third kappa shape index (κ3) is 2.02. The average molecular weight is 260 g/mol. The molecule has 2 N–H and O–H groups in total. The third-order valence-corrected chi connectivity index (χ3v) is 2.62. The summed E-state index contributed by atoms with van der Waals surface area (Å²) in [6.07, 6.45) is 2.63. The lowest BCUT2D eigenvalue weighted by Crippen LogP contribution is -2.32. The Hall–Kier alpha value is -0.720. The lowest BCUT2D eigenvalue weighted by molar-refractivity contribution is 0.125. The Kier molecular flexibility index (Phi) is 2.95. The summed E-state index contributed by atoms with van der Waals surface area (Å²) < 4.78 is 5.89. The van der Waals surface area contributed by atoms with Gasteiger partial charge in [-0.2, -0.15) is 0 Å². The van der Waals surface area contributed by atoms with Gasteiger partial charge in [0.15, 0.2) is 0 Å². The number of aliphatic hydroxyl groups excluding tert-OH is 1. The van der Waals surface area contributed by atoms with Gasteiger partial charge in [0, 0.05) is 6.20 Å². The Morgan fingerprint density at radius 3 is 3.07 bits per heavy atom. The van der Waals surface area contributed by atoms with E-state index in [4.69, 9.17) is 4.74 Å². The van der Waals surface area contributed by atoms with Crippen LogP contribution in [0.25, 0.3) is 0 Å². The fraction of sp³-hybridized carbons (Fsp3) is 0.500. The van der Waals surface area contributed by atoms with Gasteiger partial charge in [0.2, 0.25) is 0 Å². The van der Waals surface area contributed by atoms with Crippen LogP contribution in [0, 0.1) is 0 Å². The van der Waals surface area contributed by atoms with Crippen molar-refractivity contribution in [3.05, 3.63) is 17.0 Å². The van der Waals surface area contributed by atoms with Gasteiger partial charge < -0.3 is 15.2 Å². The largest absolute Gasteiger partial charge is 0.388 e. The molecule has 1 aromatic heterocycles. The molecule has 6 heteroatoms. The van der Waals surface area contributed by atoms with Crippen molar-refractivity contribution in [2.75, 3.05) is 18.5 Å². The number of aliphatic hydroxyl groups is 1. The molecule has 2 heterocycles. The molecule has 0 amide bonds. The highest BCUT2D eigenvalue weighted by atomic mass is 79.9. The quantitative estimate of drug-likeness (QED) is 0.806. The van der Waals surface area contributed by atoms with Gasteiger partial charge in [-0.05, 0) is 15.9 Å². The summed E-state index contributed by atoms with van der Waals surface area (Å²) in [5.41, 5.74) is 0. The standard InChI is InChI=1S/C8H10BrN3O2/c9-5-1-10-4-11-8(5)12-6-2-14-3-7(6)13/h1,4,6-7,13H,2-3H2,(H,10,11,12)/t6-,7-/m1/s1. The van der Waals surface area contributed by atoms with Gasteiger partial charge in [0.25, 0.3) is 0 Å². The minimum atomic E-state index is -0.475. The number of halogens is 1. The minimum Gasteiger partial charge on any atom is -0.388 e. The van der Waals surface area contributed by atoms with Gasteiger partial charge in [-0.15, -0.1) is 0 Å². The van der Waals surface area contributed by atoms with E-state index in [1.54, 1.807) is 6.20 Å². The molecule has 0 spiro atoms. The second kappa shape index (κ2) is 4.20. The molecule has 0 bridgehead atoms. The molecular formula is C8H10BrN3O2. The van der Waals surface area contributed by atoms with Crippen LogP contribution in [0.5, 0.6) is 0 Å². The van der Waals surface area contributed by atoms with Crippen LogP contribution in [0.4, 0.5) is 5.82 Å². The molecule has 5 nitrogen and oxygen atoms in total. The van der Waals surface area contributed by atoms with E-state index >= 15 is 0 Å². The van der Waals surface area contributed by atoms with E-state index in [-0.39, 0.29) is 6.04 Å². The fourth-order valence-electron chi connectivity index (χ4n) is 1.28. The first-order valence-corrected chi connectivity index (χ1v) is 5.04. The first-order chi connectivity index (χ1) is 6.77. The highest BCUT2D eigenvalue weighted by Gasteiger charge is 2.26. The Bertz CT molecular complexity index is 323. The summed E-state index contributed by atoms with van der Waals surface area (Å²) in [7, 11) is 0. The van der Waals surface area contributed by atoms with E-state index in [2.05, 4.69) is 31.2 Å². The summed E-state index contributed by atoms with van der Waals surface area (Å²) in [6.45, 7) is 0.873. The molecule has 2 atom stereocenters. The number of ether oxygens (including phenoxy) is 1. The average Bonchev–Trinajstić information content (AvgIpc) is 2.56. The predicted octanol–water partition coefficient (Wildman–Crippen LogP) is 0.411. The smallest absolute Gasteiger partial charge is 0.144 e. The Labute approximate surface area is 89.6 Å². The number of aromatic nitrogens is 2. The third-order valence-electron chi connectivity index (χ3n) is 2.04. The molecule has 1 saturated heterocycles. The van der Waals surface area contributed by atoms with Crippen molar-refractivity contribution < 1.29 is 9.84 Å². The molecule has 0 aliphatic carbocycles. The molecule has 14 heavy (non-hydrogen) atoms. The highest BCUT2D eigenvalue weighted by Crippen LogP contribution is 2.20. The number of rotatable bonds is 2. The fourth-order valence-corrected chi connectivity index (χ4v) is 1.61. The van der Waals surface area contributed by atoms with E-state index in [0.29, 0.717) is 19.0 Å². The van der Waals surface area contributed by atoms with Gasteiger partial charge in [-0.1, -0.05) is 0 Å². The Morgan fingerprint density at radius 2 is 2.43 bits per heavy atom. The molecule has 0 aromatic carbocycles. The molecule has 1 aliphatic heterocycles. The van der Waals surface area contributed by atoms with Crippen LogP contribution in [0.1, 0.15) is 0 Å². The molecule has 76 valence electrons. The maximum absolute atomic E-state index is 9.49. The molecule has 0 saturated carbocycles. The lowest BCUT2D eigenvalue weighted by Gasteiger charge is -2.15. The van der Waals surface area contributed by atoms with Gasteiger partial charge in [-0.3, -0.25) is 0 Å². The maximum atomic E-state index is 9.49. The zero-order valence-electron chi connectivity index (χ0n) is 7.35. The van der Waals surface area contributed by atoms with Crippen LogP contribution in [-0.2, 0) is 4.74 Å². The van der Waals surface area contributed by atoms with Crippen LogP contribution in [0.15, 0.2) is 17.0 Å². The summed E-state index contributed by atoms with van der Waals surface area (Å²) in [5, 5.41) is 12.6. The van der Waals surface area contributed by atoms with E-state index < -0.39 is 6.10 Å². The van der Waals surface area contributed by atoms with Crippen LogP contribution in [0.3, 0.4) is 0 Å². The number of hydrogen-bond acceptors (Lipinski definition) is 5. The van der Waals surface area contributed by atoms with Gasteiger partial charge in [-0.25, -0.2) is 9.97 Å². The Balaban J connectivity index is 2.07. The summed E-state index contributed by atoms with van der Waals surface area (Å²) in [5.74, 6) is 0.676. The van der Waals surface area contributed by atoms with Crippen molar-refractivity contribution >= 4 is 21.7 Å². The predicted molar refractivity (Wildman–Crippen MR) is 54.0 cm³/mol. The molecule has 1 aromatic rings. The van der Waals surface area contributed by atoms with Crippen LogP contribution >= 0.6 is 15.9 Å². The van der Waals surface area contributed by atoms with E-state index in [1.807, 2.05) is 0 Å². The molecule has 0 unspecified atom stereocenters. The maximum Gasteiger partial charge on any atom is 0.144 e. The molecule has 1 fully saturated rings. The van der Waals surface area contributed by atoms with Crippen LogP contribution < -0.4 is 5.32 Å². The van der Waals surface area contributed by atoms with E-state index in [1.165, 1.54) is 6.33 Å². The van der Waals surface area contributed by atoms with E-state index in [9.17, 15) is 5.11 Å². The highest BCUT2D eigenvalue weighted by molar-refractivity contribution is 9.10. The van der Waals surface area contributed by atoms with Gasteiger partial charge >= 0.3 is 0 Å². The zero-order valence-corrected chi connectivity index (χ0v) is 8.94. The zero-order chi connectivity index (χ0) is 9.97. The second-order valence-corrected chi connectivity index (χ2v) is 3.93. The molecule has 0 radical (unpaired) electrons. The van der Waals surface area contributed by atoms with Crippen molar-refractivity contribution in [3.63, 3.8) is 0 Å². The Morgan fingerprint density at radius 1 is 1.57 bits per heavy atom. The van der Waals surface area contributed by atoms with Crippen molar-refractivity contribution in [3.8, 4) is 0 Å². The molecule has 2 rings (SSSR count). The summed E-state index contributed by atoms with van der Waals surface area (Å²) >= 11 is 3.31. The van der Waals surface area contributed by atoms with Crippen molar-refractivity contribution in [1.82, 2.24) is 9.97 Å². The normalized spacial score (nSPS) is 26.4. The van der Waals surface area contributed by atoms with E-state index in [0.717, 1.165) is 4.47 Å². The van der Waals surface area contributed by atoms with Crippen molar-refractivity contribution in [2.45, 2.75) is 12.1 Å². The second-order valence-electron chi connectivity index (χ2n) is 3.07. The minimum absolute atomic E-state index is 0.0961. The van der Waals surface area contributed by atoms with Crippen molar-refractivity contribution in [2.24, 2.45) is 0 Å². The molecular weight excluding hydrogens is 250 g/mol. The number of hydrogen-bond donors (Lipinski definition) is 2. The first kappa shape index (κ1) is 9.82. The topological polar surface area (TPSA) is 67.3 Å².